The summed E-state index contributed by atoms with van der Waals surface area (Å²) in [5, 5.41) is 0. The molecule has 2 nitrogen and oxygen atoms in total. The molecule has 1 atom stereocenters. The maximum atomic E-state index is 13.3. The fourth-order valence-electron chi connectivity index (χ4n) is 1.74. The van der Waals surface area contributed by atoms with Gasteiger partial charge in [0.25, 0.3) is 0 Å². The van der Waals surface area contributed by atoms with Gasteiger partial charge in [-0.3, -0.25) is 0 Å². The highest BCUT2D eigenvalue weighted by atomic mass is 79.9. The van der Waals surface area contributed by atoms with E-state index < -0.39 is 0 Å². The van der Waals surface area contributed by atoms with E-state index in [1.165, 1.54) is 6.07 Å². The van der Waals surface area contributed by atoms with Crippen molar-refractivity contribution in [3.8, 4) is 0 Å². The summed E-state index contributed by atoms with van der Waals surface area (Å²) >= 11 is 3.19. The van der Waals surface area contributed by atoms with Crippen molar-refractivity contribution in [1.82, 2.24) is 0 Å². The van der Waals surface area contributed by atoms with Crippen molar-refractivity contribution < 1.29 is 4.39 Å². The van der Waals surface area contributed by atoms with Crippen molar-refractivity contribution in [1.29, 1.82) is 0 Å². The first-order valence-corrected chi connectivity index (χ1v) is 6.31. The molecule has 0 aliphatic heterocycles. The Hall–Kier alpha value is -0.770. The van der Waals surface area contributed by atoms with Crippen molar-refractivity contribution in [2.45, 2.75) is 33.2 Å². The van der Waals surface area contributed by atoms with E-state index in [0.717, 1.165) is 18.7 Å². The Labute approximate surface area is 105 Å². The summed E-state index contributed by atoms with van der Waals surface area (Å²) in [5.41, 5.74) is 7.24. The van der Waals surface area contributed by atoms with E-state index in [-0.39, 0.29) is 5.82 Å². The topological polar surface area (TPSA) is 29.3 Å². The van der Waals surface area contributed by atoms with Crippen molar-refractivity contribution in [3.05, 3.63) is 22.4 Å². The number of halogens is 2. The van der Waals surface area contributed by atoms with E-state index in [1.54, 1.807) is 6.07 Å². The van der Waals surface area contributed by atoms with E-state index >= 15 is 0 Å². The van der Waals surface area contributed by atoms with Crippen LogP contribution < -0.4 is 10.6 Å². The van der Waals surface area contributed by atoms with Gasteiger partial charge in [0.1, 0.15) is 5.82 Å². The zero-order chi connectivity index (χ0) is 12.3. The maximum Gasteiger partial charge on any atom is 0.139 e. The highest BCUT2D eigenvalue weighted by Gasteiger charge is 2.15. The van der Waals surface area contributed by atoms with E-state index in [2.05, 4.69) is 41.6 Å². The minimum Gasteiger partial charge on any atom is -0.397 e. The zero-order valence-corrected chi connectivity index (χ0v) is 11.5. The first kappa shape index (κ1) is 13.3. The molecule has 0 aromatic heterocycles. The normalized spacial score (nSPS) is 12.6. The SMILES string of the molecule is CCC(C)N(CC)c1cc(Br)c(F)cc1N. The molecule has 0 radical (unpaired) electrons. The molecule has 0 aliphatic carbocycles. The van der Waals surface area contributed by atoms with Crippen molar-refractivity contribution in [2.24, 2.45) is 0 Å². The second-order valence-corrected chi connectivity index (χ2v) is 4.72. The number of anilines is 2. The average molecular weight is 289 g/mol. The van der Waals surface area contributed by atoms with E-state index in [4.69, 9.17) is 5.73 Å². The third-order valence-corrected chi connectivity index (χ3v) is 3.45. The summed E-state index contributed by atoms with van der Waals surface area (Å²) in [7, 11) is 0. The summed E-state index contributed by atoms with van der Waals surface area (Å²) in [5.74, 6) is -0.318. The minimum atomic E-state index is -0.318. The summed E-state index contributed by atoms with van der Waals surface area (Å²) in [4.78, 5) is 2.18. The van der Waals surface area contributed by atoms with Crippen LogP contribution in [0.25, 0.3) is 0 Å². The van der Waals surface area contributed by atoms with Gasteiger partial charge >= 0.3 is 0 Å². The standard InChI is InChI=1S/C12H18BrFN2/c1-4-8(3)16(5-2)12-6-9(13)10(14)7-11(12)15/h6-8H,4-5,15H2,1-3H3. The van der Waals surface area contributed by atoms with Crippen LogP contribution in [0.1, 0.15) is 27.2 Å². The summed E-state index contributed by atoms with van der Waals surface area (Å²) in [6, 6.07) is 3.51. The smallest absolute Gasteiger partial charge is 0.139 e. The summed E-state index contributed by atoms with van der Waals surface area (Å²) < 4.78 is 13.7. The summed E-state index contributed by atoms with van der Waals surface area (Å²) in [6.07, 6.45) is 1.03. The van der Waals surface area contributed by atoms with E-state index in [1.807, 2.05) is 0 Å². The predicted octanol–water partition coefficient (Wildman–Crippen LogP) is 3.80. The van der Waals surface area contributed by atoms with E-state index in [9.17, 15) is 4.39 Å². The Kier molecular flexibility index (Phi) is 4.59. The lowest BCUT2D eigenvalue weighted by Gasteiger charge is -2.30. The molecule has 0 aliphatic rings. The lowest BCUT2D eigenvalue weighted by atomic mass is 10.1. The van der Waals surface area contributed by atoms with Gasteiger partial charge < -0.3 is 10.6 Å². The number of hydrogen-bond acceptors (Lipinski definition) is 2. The number of nitrogens with zero attached hydrogens (tertiary/aromatic N) is 1. The van der Waals surface area contributed by atoms with Crippen molar-refractivity contribution in [3.63, 3.8) is 0 Å². The Morgan fingerprint density at radius 3 is 2.56 bits per heavy atom. The second-order valence-electron chi connectivity index (χ2n) is 3.87. The summed E-state index contributed by atoms with van der Waals surface area (Å²) in [6.45, 7) is 7.20. The number of nitrogens with two attached hydrogens (primary N) is 1. The Bertz CT molecular complexity index is 368. The second kappa shape index (κ2) is 5.53. The van der Waals surface area contributed by atoms with Gasteiger partial charge in [0.2, 0.25) is 0 Å². The molecule has 0 saturated heterocycles. The molecule has 0 fully saturated rings. The van der Waals surface area contributed by atoms with Crippen LogP contribution in [0.3, 0.4) is 0 Å². The van der Waals surface area contributed by atoms with Crippen LogP contribution in [0.2, 0.25) is 0 Å². The van der Waals surface area contributed by atoms with Crippen LogP contribution in [0.15, 0.2) is 16.6 Å². The van der Waals surface area contributed by atoms with Gasteiger partial charge in [0.05, 0.1) is 15.8 Å². The van der Waals surface area contributed by atoms with Gasteiger partial charge in [0.15, 0.2) is 0 Å². The van der Waals surface area contributed by atoms with Gasteiger partial charge in [-0.15, -0.1) is 0 Å². The van der Waals surface area contributed by atoms with Crippen LogP contribution in [-0.4, -0.2) is 12.6 Å². The molecule has 1 aromatic carbocycles. The van der Waals surface area contributed by atoms with Crippen molar-refractivity contribution in [2.75, 3.05) is 17.2 Å². The molecule has 0 saturated carbocycles. The molecule has 0 heterocycles. The highest BCUT2D eigenvalue weighted by molar-refractivity contribution is 9.10. The predicted molar refractivity (Wildman–Crippen MR) is 71.3 cm³/mol. The van der Waals surface area contributed by atoms with Gasteiger partial charge in [-0.25, -0.2) is 4.39 Å². The lowest BCUT2D eigenvalue weighted by molar-refractivity contribution is 0.614. The van der Waals surface area contributed by atoms with Gasteiger partial charge in [0, 0.05) is 18.7 Å². The van der Waals surface area contributed by atoms with Crippen LogP contribution >= 0.6 is 15.9 Å². The fraction of sp³-hybridized carbons (Fsp3) is 0.500. The molecule has 1 unspecified atom stereocenters. The first-order chi connectivity index (χ1) is 7.51. The quantitative estimate of drug-likeness (QED) is 0.854. The molecule has 0 bridgehead atoms. The van der Waals surface area contributed by atoms with Gasteiger partial charge in [-0.1, -0.05) is 6.92 Å². The molecular formula is C12H18BrFN2. The molecule has 1 rings (SSSR count). The molecule has 0 spiro atoms. The molecular weight excluding hydrogens is 271 g/mol. The zero-order valence-electron chi connectivity index (χ0n) is 9.93. The first-order valence-electron chi connectivity index (χ1n) is 5.52. The number of nitrogen functional groups attached to an aromatic ring is 1. The van der Waals surface area contributed by atoms with Crippen LogP contribution in [0, 0.1) is 5.82 Å². The number of hydrogen-bond donors (Lipinski definition) is 1. The largest absolute Gasteiger partial charge is 0.397 e. The Balaban J connectivity index is 3.15. The molecule has 90 valence electrons. The van der Waals surface area contributed by atoms with Crippen LogP contribution in [0.4, 0.5) is 15.8 Å². The number of rotatable bonds is 4. The number of benzene rings is 1. The third-order valence-electron chi connectivity index (χ3n) is 2.84. The molecule has 16 heavy (non-hydrogen) atoms. The monoisotopic (exact) mass is 288 g/mol. The van der Waals surface area contributed by atoms with Gasteiger partial charge in [-0.2, -0.15) is 0 Å². The molecule has 2 N–H and O–H groups in total. The lowest BCUT2D eigenvalue weighted by Crippen LogP contribution is -2.32. The molecule has 1 aromatic rings. The van der Waals surface area contributed by atoms with Crippen LogP contribution in [0.5, 0.6) is 0 Å². The van der Waals surface area contributed by atoms with E-state index in [0.29, 0.717) is 16.2 Å². The maximum absolute atomic E-state index is 13.3. The van der Waals surface area contributed by atoms with Crippen molar-refractivity contribution >= 4 is 27.3 Å². The average Bonchev–Trinajstić information content (AvgIpc) is 2.26. The Morgan fingerprint density at radius 2 is 2.06 bits per heavy atom. The fourth-order valence-corrected chi connectivity index (χ4v) is 2.07. The minimum absolute atomic E-state index is 0.318. The Morgan fingerprint density at radius 1 is 1.44 bits per heavy atom. The highest BCUT2D eigenvalue weighted by Crippen LogP contribution is 2.31. The van der Waals surface area contributed by atoms with Gasteiger partial charge in [-0.05, 0) is 42.3 Å². The molecule has 4 heteroatoms. The van der Waals surface area contributed by atoms with Crippen LogP contribution in [-0.2, 0) is 0 Å². The molecule has 0 amide bonds. The third kappa shape index (κ3) is 2.67.